The molecule has 1 amide bonds. The Morgan fingerprint density at radius 3 is 2.37 bits per heavy atom. The highest BCUT2D eigenvalue weighted by Gasteiger charge is 2.25. The van der Waals surface area contributed by atoms with Gasteiger partial charge < -0.3 is 0 Å². The first-order chi connectivity index (χ1) is 12.8. The van der Waals surface area contributed by atoms with Crippen LogP contribution in [-0.4, -0.2) is 26.0 Å². The molecule has 0 aliphatic heterocycles. The summed E-state index contributed by atoms with van der Waals surface area (Å²) in [6.45, 7) is 0. The fourth-order valence-corrected chi connectivity index (χ4v) is 2.87. The molecule has 0 unspecified atom stereocenters. The van der Waals surface area contributed by atoms with Gasteiger partial charge in [0.2, 0.25) is 5.13 Å². The van der Waals surface area contributed by atoms with E-state index in [2.05, 4.69) is 15.5 Å². The minimum atomic E-state index is -0.883. The highest BCUT2D eigenvalue weighted by atomic mass is 32.1. The van der Waals surface area contributed by atoms with Crippen molar-refractivity contribution < 1.29 is 19.0 Å². The van der Waals surface area contributed by atoms with E-state index in [4.69, 9.17) is 0 Å². The van der Waals surface area contributed by atoms with Crippen molar-refractivity contribution in [1.82, 2.24) is 10.2 Å². The molecule has 12 heteroatoms. The van der Waals surface area contributed by atoms with Crippen molar-refractivity contribution in [2.45, 2.75) is 0 Å². The quantitative estimate of drug-likeness (QED) is 0.520. The highest BCUT2D eigenvalue weighted by molar-refractivity contribution is 7.18. The lowest BCUT2D eigenvalue weighted by atomic mass is 10.1. The second kappa shape index (κ2) is 7.21. The van der Waals surface area contributed by atoms with Crippen LogP contribution in [0.4, 0.5) is 20.9 Å². The first-order valence-corrected chi connectivity index (χ1v) is 8.00. The molecular formula is C15H8FN5O5S. The second-order valence-electron chi connectivity index (χ2n) is 5.09. The molecule has 10 nitrogen and oxygen atoms in total. The predicted molar refractivity (Wildman–Crippen MR) is 93.0 cm³/mol. The molecule has 0 atom stereocenters. The van der Waals surface area contributed by atoms with Crippen molar-refractivity contribution in [3.05, 3.63) is 74.1 Å². The summed E-state index contributed by atoms with van der Waals surface area (Å²) in [5, 5.41) is 32.3. The summed E-state index contributed by atoms with van der Waals surface area (Å²) < 4.78 is 13.0. The molecule has 1 N–H and O–H groups in total. The number of benzene rings is 2. The third-order valence-corrected chi connectivity index (χ3v) is 4.26. The summed E-state index contributed by atoms with van der Waals surface area (Å²) in [6.07, 6.45) is 0. The van der Waals surface area contributed by atoms with E-state index < -0.39 is 32.9 Å². The van der Waals surface area contributed by atoms with Crippen LogP contribution in [0.1, 0.15) is 10.4 Å². The number of hydrogen-bond donors (Lipinski definition) is 1. The van der Waals surface area contributed by atoms with Gasteiger partial charge in [-0.3, -0.25) is 30.3 Å². The van der Waals surface area contributed by atoms with Crippen LogP contribution < -0.4 is 5.32 Å². The van der Waals surface area contributed by atoms with Gasteiger partial charge in [0.15, 0.2) is 0 Å². The average molecular weight is 389 g/mol. The van der Waals surface area contributed by atoms with E-state index in [0.29, 0.717) is 16.6 Å². The number of rotatable bonds is 5. The third-order valence-electron chi connectivity index (χ3n) is 3.37. The topological polar surface area (TPSA) is 141 Å². The SMILES string of the molecule is O=C(Nc1nnc(-c2ccc(F)cc2)s1)c1ccc([N+](=O)[O-])cc1[N+](=O)[O-]. The van der Waals surface area contributed by atoms with Crippen LogP contribution >= 0.6 is 11.3 Å². The molecule has 1 aromatic heterocycles. The largest absolute Gasteiger partial charge is 0.296 e. The molecule has 2 aromatic carbocycles. The molecule has 0 saturated heterocycles. The van der Waals surface area contributed by atoms with E-state index in [1.807, 2.05) is 0 Å². The van der Waals surface area contributed by atoms with Gasteiger partial charge in [-0.2, -0.15) is 0 Å². The van der Waals surface area contributed by atoms with Crippen LogP contribution in [0.5, 0.6) is 0 Å². The zero-order valence-corrected chi connectivity index (χ0v) is 14.0. The molecule has 136 valence electrons. The highest BCUT2D eigenvalue weighted by Crippen LogP contribution is 2.29. The Kier molecular flexibility index (Phi) is 4.81. The van der Waals surface area contributed by atoms with E-state index >= 15 is 0 Å². The summed E-state index contributed by atoms with van der Waals surface area (Å²) in [6, 6.07) is 8.16. The maximum Gasteiger partial charge on any atom is 0.289 e. The number of anilines is 1. The first kappa shape index (κ1) is 18.0. The standard InChI is InChI=1S/C15H8FN5O5S/c16-9-3-1-8(2-4-9)14-18-19-15(27-14)17-13(22)11-6-5-10(20(23)24)7-12(11)21(25)26/h1-7H,(H,17,19,22). The van der Waals surface area contributed by atoms with Crippen LogP contribution in [-0.2, 0) is 0 Å². The minimum Gasteiger partial charge on any atom is -0.296 e. The lowest BCUT2D eigenvalue weighted by Crippen LogP contribution is -2.14. The van der Waals surface area contributed by atoms with E-state index in [-0.39, 0.29) is 10.7 Å². The Bertz CT molecular complexity index is 1050. The van der Waals surface area contributed by atoms with Crippen molar-refractivity contribution in [1.29, 1.82) is 0 Å². The molecule has 0 bridgehead atoms. The normalized spacial score (nSPS) is 10.4. The predicted octanol–water partition coefficient (Wildman–Crippen LogP) is 3.41. The number of nitro benzene ring substituents is 2. The molecule has 1 heterocycles. The zero-order chi connectivity index (χ0) is 19.6. The van der Waals surface area contributed by atoms with Gasteiger partial charge in [-0.25, -0.2) is 4.39 Å². The maximum absolute atomic E-state index is 13.0. The summed E-state index contributed by atoms with van der Waals surface area (Å²) in [4.78, 5) is 32.5. The number of carbonyl (C=O) groups is 1. The van der Waals surface area contributed by atoms with Gasteiger partial charge in [-0.05, 0) is 30.3 Å². The number of nitrogens with one attached hydrogen (secondary N) is 1. The molecule has 0 spiro atoms. The van der Waals surface area contributed by atoms with Crippen molar-refractivity contribution in [2.24, 2.45) is 0 Å². The Hall–Kier alpha value is -3.80. The molecule has 0 aliphatic rings. The number of carbonyl (C=O) groups excluding carboxylic acids is 1. The monoisotopic (exact) mass is 389 g/mol. The lowest BCUT2D eigenvalue weighted by Gasteiger charge is -2.02. The van der Waals surface area contributed by atoms with Crippen LogP contribution in [0.15, 0.2) is 42.5 Å². The molecule has 0 aliphatic carbocycles. The summed E-state index contributed by atoms with van der Waals surface area (Å²) >= 11 is 0.982. The summed E-state index contributed by atoms with van der Waals surface area (Å²) in [5.74, 6) is -1.28. The molecule has 3 rings (SSSR count). The summed E-state index contributed by atoms with van der Waals surface area (Å²) in [7, 11) is 0. The van der Waals surface area contributed by atoms with Crippen LogP contribution in [0.25, 0.3) is 10.6 Å². The Morgan fingerprint density at radius 1 is 1.04 bits per heavy atom. The smallest absolute Gasteiger partial charge is 0.289 e. The molecule has 0 radical (unpaired) electrons. The molecule has 27 heavy (non-hydrogen) atoms. The number of amides is 1. The number of aromatic nitrogens is 2. The second-order valence-corrected chi connectivity index (χ2v) is 6.07. The number of non-ortho nitro benzene ring substituents is 1. The molecule has 0 fully saturated rings. The van der Waals surface area contributed by atoms with Gasteiger partial charge in [-0.15, -0.1) is 10.2 Å². The average Bonchev–Trinajstić information content (AvgIpc) is 3.10. The fraction of sp³-hybridized carbons (Fsp3) is 0. The van der Waals surface area contributed by atoms with Crippen LogP contribution in [0, 0.1) is 26.0 Å². The van der Waals surface area contributed by atoms with Crippen molar-refractivity contribution in [3.63, 3.8) is 0 Å². The Balaban J connectivity index is 1.85. The van der Waals surface area contributed by atoms with E-state index in [0.717, 1.165) is 23.5 Å². The van der Waals surface area contributed by atoms with Gasteiger partial charge in [0.05, 0.1) is 15.9 Å². The van der Waals surface area contributed by atoms with Crippen molar-refractivity contribution >= 4 is 33.8 Å². The summed E-state index contributed by atoms with van der Waals surface area (Å²) in [5.41, 5.74) is -0.988. The Labute approximate surface area is 153 Å². The zero-order valence-electron chi connectivity index (χ0n) is 13.2. The van der Waals surface area contributed by atoms with Gasteiger partial charge in [0, 0.05) is 11.6 Å². The van der Waals surface area contributed by atoms with E-state index in [9.17, 15) is 29.4 Å². The number of hydrogen-bond acceptors (Lipinski definition) is 8. The van der Waals surface area contributed by atoms with Crippen LogP contribution in [0.3, 0.4) is 0 Å². The molecule has 3 aromatic rings. The van der Waals surface area contributed by atoms with Gasteiger partial charge in [0.25, 0.3) is 17.3 Å². The van der Waals surface area contributed by atoms with Crippen molar-refractivity contribution in [3.8, 4) is 10.6 Å². The maximum atomic E-state index is 13.0. The number of nitro groups is 2. The first-order valence-electron chi connectivity index (χ1n) is 7.19. The molecular weight excluding hydrogens is 381 g/mol. The lowest BCUT2D eigenvalue weighted by molar-refractivity contribution is -0.394. The third kappa shape index (κ3) is 3.90. The van der Waals surface area contributed by atoms with Crippen LogP contribution in [0.2, 0.25) is 0 Å². The fourth-order valence-electron chi connectivity index (χ4n) is 2.12. The number of nitrogens with zero attached hydrogens (tertiary/aromatic N) is 4. The minimum absolute atomic E-state index is 0.0620. The van der Waals surface area contributed by atoms with Gasteiger partial charge >= 0.3 is 0 Å². The van der Waals surface area contributed by atoms with E-state index in [1.54, 1.807) is 0 Å². The molecule has 0 saturated carbocycles. The van der Waals surface area contributed by atoms with Gasteiger partial charge in [0.1, 0.15) is 16.4 Å². The number of halogens is 1. The van der Waals surface area contributed by atoms with E-state index in [1.165, 1.54) is 24.3 Å². The van der Waals surface area contributed by atoms with Gasteiger partial charge in [-0.1, -0.05) is 11.3 Å². The Morgan fingerprint density at radius 2 is 1.74 bits per heavy atom. The van der Waals surface area contributed by atoms with Crippen molar-refractivity contribution in [2.75, 3.05) is 5.32 Å².